The molecule has 5 heteroatoms. The monoisotopic (exact) mass is 285 g/mol. The summed E-state index contributed by atoms with van der Waals surface area (Å²) in [6.45, 7) is 4.15. The van der Waals surface area contributed by atoms with E-state index in [0.29, 0.717) is 26.3 Å². The largest absolute Gasteiger partial charge is 0.481 e. The zero-order valence-corrected chi connectivity index (χ0v) is 12.5. The van der Waals surface area contributed by atoms with Gasteiger partial charge in [-0.2, -0.15) is 0 Å². The fourth-order valence-electron chi connectivity index (χ4n) is 2.67. The fraction of sp³-hybridized carbons (Fsp3) is 0.867. The van der Waals surface area contributed by atoms with Gasteiger partial charge >= 0.3 is 5.97 Å². The van der Waals surface area contributed by atoms with E-state index in [9.17, 15) is 9.59 Å². The van der Waals surface area contributed by atoms with Crippen LogP contribution in [0, 0.1) is 5.92 Å². The molecule has 20 heavy (non-hydrogen) atoms. The Morgan fingerprint density at radius 3 is 2.50 bits per heavy atom. The van der Waals surface area contributed by atoms with E-state index in [1.165, 1.54) is 6.42 Å². The molecule has 5 nitrogen and oxygen atoms in total. The van der Waals surface area contributed by atoms with Crippen molar-refractivity contribution < 1.29 is 19.4 Å². The first-order chi connectivity index (χ1) is 9.65. The fourth-order valence-corrected chi connectivity index (χ4v) is 2.67. The summed E-state index contributed by atoms with van der Waals surface area (Å²) < 4.78 is 5.28. The van der Waals surface area contributed by atoms with Crippen LogP contribution in [0.2, 0.25) is 0 Å². The van der Waals surface area contributed by atoms with Crippen LogP contribution in [0.15, 0.2) is 0 Å². The van der Waals surface area contributed by atoms with Gasteiger partial charge in [0.1, 0.15) is 0 Å². The van der Waals surface area contributed by atoms with Crippen LogP contribution in [-0.4, -0.2) is 48.2 Å². The highest BCUT2D eigenvalue weighted by atomic mass is 16.5. The molecule has 1 fully saturated rings. The van der Waals surface area contributed by atoms with Crippen LogP contribution in [0.25, 0.3) is 0 Å². The zero-order valence-electron chi connectivity index (χ0n) is 12.5. The molecule has 0 heterocycles. The summed E-state index contributed by atoms with van der Waals surface area (Å²) in [5.74, 6) is -0.608. The van der Waals surface area contributed by atoms with Gasteiger partial charge in [0.25, 0.3) is 0 Å². The van der Waals surface area contributed by atoms with E-state index < -0.39 is 5.97 Å². The van der Waals surface area contributed by atoms with Crippen molar-refractivity contribution in [3.05, 3.63) is 0 Å². The molecule has 116 valence electrons. The van der Waals surface area contributed by atoms with E-state index in [2.05, 4.69) is 0 Å². The standard InChI is InChI=1S/C15H27NO4/c1-2-20-12-6-10-16(11-9-14(17)18)15(19)13-7-4-3-5-8-13/h13H,2-12H2,1H3,(H,17,18). The van der Waals surface area contributed by atoms with Crippen molar-refractivity contribution in [2.24, 2.45) is 5.92 Å². The van der Waals surface area contributed by atoms with Gasteiger partial charge in [0.2, 0.25) is 5.91 Å². The molecule has 0 unspecified atom stereocenters. The number of carbonyl (C=O) groups is 2. The Morgan fingerprint density at radius 2 is 1.90 bits per heavy atom. The third-order valence-corrected chi connectivity index (χ3v) is 3.78. The number of carboxylic acids is 1. The number of ether oxygens (including phenoxy) is 1. The van der Waals surface area contributed by atoms with Crippen molar-refractivity contribution in [1.82, 2.24) is 4.90 Å². The van der Waals surface area contributed by atoms with E-state index in [0.717, 1.165) is 32.1 Å². The minimum absolute atomic E-state index is 0.0209. The smallest absolute Gasteiger partial charge is 0.305 e. The molecule has 1 aliphatic rings. The van der Waals surface area contributed by atoms with Gasteiger partial charge in [-0.15, -0.1) is 0 Å². The van der Waals surface area contributed by atoms with Crippen LogP contribution in [0.3, 0.4) is 0 Å². The summed E-state index contributed by atoms with van der Waals surface area (Å²) in [6, 6.07) is 0. The summed E-state index contributed by atoms with van der Waals surface area (Å²) in [6.07, 6.45) is 6.13. The van der Waals surface area contributed by atoms with E-state index in [4.69, 9.17) is 9.84 Å². The molecule has 0 aromatic rings. The number of nitrogens with zero attached hydrogens (tertiary/aromatic N) is 1. The first-order valence-electron chi connectivity index (χ1n) is 7.73. The molecule has 1 rings (SSSR count). The quantitative estimate of drug-likeness (QED) is 0.660. The molecular weight excluding hydrogens is 258 g/mol. The van der Waals surface area contributed by atoms with E-state index in [1.54, 1.807) is 4.90 Å². The second-order valence-corrected chi connectivity index (χ2v) is 5.35. The van der Waals surface area contributed by atoms with Crippen molar-refractivity contribution in [3.63, 3.8) is 0 Å². The van der Waals surface area contributed by atoms with Crippen molar-refractivity contribution >= 4 is 11.9 Å². The average Bonchev–Trinajstić information content (AvgIpc) is 2.46. The van der Waals surface area contributed by atoms with Gasteiger partial charge in [0, 0.05) is 32.2 Å². The summed E-state index contributed by atoms with van der Waals surface area (Å²) in [5.41, 5.74) is 0. The number of hydrogen-bond donors (Lipinski definition) is 1. The second-order valence-electron chi connectivity index (χ2n) is 5.35. The highest BCUT2D eigenvalue weighted by molar-refractivity contribution is 5.79. The van der Waals surface area contributed by atoms with E-state index >= 15 is 0 Å². The lowest BCUT2D eigenvalue weighted by atomic mass is 9.88. The van der Waals surface area contributed by atoms with Crippen molar-refractivity contribution in [2.45, 2.75) is 51.9 Å². The van der Waals surface area contributed by atoms with Crippen LogP contribution in [0.5, 0.6) is 0 Å². The topological polar surface area (TPSA) is 66.8 Å². The minimum Gasteiger partial charge on any atom is -0.481 e. The van der Waals surface area contributed by atoms with Crippen molar-refractivity contribution in [3.8, 4) is 0 Å². The number of aliphatic carboxylic acids is 1. The lowest BCUT2D eigenvalue weighted by Gasteiger charge is -2.29. The van der Waals surface area contributed by atoms with Gasteiger partial charge in [-0.25, -0.2) is 0 Å². The van der Waals surface area contributed by atoms with Crippen molar-refractivity contribution in [2.75, 3.05) is 26.3 Å². The van der Waals surface area contributed by atoms with Gasteiger partial charge in [0.05, 0.1) is 6.42 Å². The average molecular weight is 285 g/mol. The molecule has 1 amide bonds. The normalized spacial score (nSPS) is 16.1. The lowest BCUT2D eigenvalue weighted by Crippen LogP contribution is -2.39. The third kappa shape index (κ3) is 6.37. The van der Waals surface area contributed by atoms with E-state index in [1.807, 2.05) is 6.92 Å². The molecule has 0 spiro atoms. The zero-order chi connectivity index (χ0) is 14.8. The first-order valence-corrected chi connectivity index (χ1v) is 7.73. The maximum absolute atomic E-state index is 12.5. The van der Waals surface area contributed by atoms with Crippen LogP contribution < -0.4 is 0 Å². The third-order valence-electron chi connectivity index (χ3n) is 3.78. The summed E-state index contributed by atoms with van der Waals surface area (Å²) in [5, 5.41) is 8.80. The maximum Gasteiger partial charge on any atom is 0.305 e. The molecule has 0 radical (unpaired) electrons. The predicted octanol–water partition coefficient (Wildman–Crippen LogP) is 2.30. The second kappa shape index (κ2) is 9.75. The number of rotatable bonds is 9. The number of hydrogen-bond acceptors (Lipinski definition) is 3. The molecule has 0 bridgehead atoms. The van der Waals surface area contributed by atoms with E-state index in [-0.39, 0.29) is 18.2 Å². The van der Waals surface area contributed by atoms with Crippen molar-refractivity contribution in [1.29, 1.82) is 0 Å². The Balaban J connectivity index is 2.45. The van der Waals surface area contributed by atoms with Crippen LogP contribution in [0.4, 0.5) is 0 Å². The number of carboxylic acid groups (broad SMARTS) is 1. The minimum atomic E-state index is -0.851. The van der Waals surface area contributed by atoms with Crippen LogP contribution >= 0.6 is 0 Å². The molecule has 1 saturated carbocycles. The Hall–Kier alpha value is -1.10. The summed E-state index contributed by atoms with van der Waals surface area (Å²) >= 11 is 0. The van der Waals surface area contributed by atoms with Gasteiger partial charge < -0.3 is 14.7 Å². The lowest BCUT2D eigenvalue weighted by molar-refractivity contribution is -0.140. The highest BCUT2D eigenvalue weighted by Gasteiger charge is 2.25. The number of carbonyl (C=O) groups excluding carboxylic acids is 1. The van der Waals surface area contributed by atoms with Crippen LogP contribution in [-0.2, 0) is 14.3 Å². The molecule has 0 aromatic heterocycles. The van der Waals surface area contributed by atoms with Crippen LogP contribution in [0.1, 0.15) is 51.9 Å². The molecular formula is C15H27NO4. The molecule has 0 saturated heterocycles. The molecule has 1 aliphatic carbocycles. The summed E-state index contributed by atoms with van der Waals surface area (Å²) in [7, 11) is 0. The Labute approximate surface area is 121 Å². The van der Waals surface area contributed by atoms with Gasteiger partial charge in [-0.3, -0.25) is 9.59 Å². The molecule has 1 N–H and O–H groups in total. The Bertz CT molecular complexity index is 300. The Morgan fingerprint density at radius 1 is 1.20 bits per heavy atom. The predicted molar refractivity (Wildman–Crippen MR) is 76.5 cm³/mol. The molecule has 0 aliphatic heterocycles. The maximum atomic E-state index is 12.5. The highest BCUT2D eigenvalue weighted by Crippen LogP contribution is 2.25. The van der Waals surface area contributed by atoms with Gasteiger partial charge in [-0.1, -0.05) is 19.3 Å². The Kier molecular flexibility index (Phi) is 8.26. The molecule has 0 aromatic carbocycles. The number of amides is 1. The SMILES string of the molecule is CCOCCCN(CCC(=O)O)C(=O)C1CCCCC1. The summed E-state index contributed by atoms with van der Waals surface area (Å²) in [4.78, 5) is 24.9. The first kappa shape index (κ1) is 17.0. The van der Waals surface area contributed by atoms with Gasteiger partial charge in [0.15, 0.2) is 0 Å². The van der Waals surface area contributed by atoms with Gasteiger partial charge in [-0.05, 0) is 26.2 Å². The molecule has 0 atom stereocenters.